The smallest absolute Gasteiger partial charge is 0.303 e. The van der Waals surface area contributed by atoms with Crippen molar-refractivity contribution < 1.29 is 19.5 Å². The monoisotopic (exact) mass is 514 g/mol. The first-order chi connectivity index (χ1) is 17.8. The van der Waals surface area contributed by atoms with Crippen molar-refractivity contribution in [2.24, 2.45) is 0 Å². The van der Waals surface area contributed by atoms with Gasteiger partial charge in [0.1, 0.15) is 0 Å². The predicted octanol–water partition coefficient (Wildman–Crippen LogP) is 6.41. The van der Waals surface area contributed by atoms with E-state index < -0.39 is 12.0 Å². The van der Waals surface area contributed by atoms with Crippen molar-refractivity contribution in [3.63, 3.8) is 0 Å². The molecule has 1 heterocycles. The zero-order valence-corrected chi connectivity index (χ0v) is 21.2. The molecule has 3 aromatic rings. The van der Waals surface area contributed by atoms with E-state index in [0.29, 0.717) is 34.8 Å². The fourth-order valence-electron chi connectivity index (χ4n) is 5.23. The Morgan fingerprint density at radius 3 is 2.32 bits per heavy atom. The number of carboxylic acid groups (broad SMARTS) is 1. The molecule has 0 bridgehead atoms. The molecule has 2 aliphatic rings. The summed E-state index contributed by atoms with van der Waals surface area (Å²) >= 11 is 6.09. The van der Waals surface area contributed by atoms with Crippen LogP contribution >= 0.6 is 11.6 Å². The fraction of sp³-hybridized carbons (Fsp3) is 0.233. The number of Topliss-reactive ketones (excluding diaryl/α,β-unsaturated/α-hetero) is 1. The number of fused-ring (bicyclic) bond motifs is 1. The van der Waals surface area contributed by atoms with Gasteiger partial charge in [-0.05, 0) is 54.7 Å². The number of nitrogens with one attached hydrogen (secondary N) is 1. The normalized spacial score (nSPS) is 19.0. The van der Waals surface area contributed by atoms with Gasteiger partial charge in [-0.3, -0.25) is 19.3 Å². The molecule has 6 nitrogen and oxygen atoms in total. The zero-order chi connectivity index (χ0) is 26.1. The highest BCUT2D eigenvalue weighted by atomic mass is 35.5. The summed E-state index contributed by atoms with van der Waals surface area (Å²) in [6.07, 6.45) is 0.439. The molecule has 0 fully saturated rings. The summed E-state index contributed by atoms with van der Waals surface area (Å²) in [6, 6.07) is 22.1. The zero-order valence-electron chi connectivity index (χ0n) is 20.4. The molecule has 2 atom stereocenters. The molecule has 3 aromatic carbocycles. The van der Waals surface area contributed by atoms with Gasteiger partial charge in [-0.25, -0.2) is 0 Å². The number of aliphatic carboxylic acids is 1. The highest BCUT2D eigenvalue weighted by Crippen LogP contribution is 2.47. The van der Waals surface area contributed by atoms with E-state index in [0.717, 1.165) is 22.4 Å². The molecule has 1 aliphatic heterocycles. The van der Waals surface area contributed by atoms with Crippen molar-refractivity contribution in [1.29, 1.82) is 0 Å². The first kappa shape index (κ1) is 24.8. The number of para-hydroxylation sites is 2. The lowest BCUT2D eigenvalue weighted by Crippen LogP contribution is -2.38. The van der Waals surface area contributed by atoms with E-state index >= 15 is 0 Å². The Kier molecular flexibility index (Phi) is 6.85. The summed E-state index contributed by atoms with van der Waals surface area (Å²) in [4.78, 5) is 40.5. The molecule has 7 heteroatoms. The summed E-state index contributed by atoms with van der Waals surface area (Å²) in [6.45, 7) is 1.98. The summed E-state index contributed by atoms with van der Waals surface area (Å²) in [5.41, 5.74) is 5.55. The minimum absolute atomic E-state index is 0.0314. The second-order valence-electron chi connectivity index (χ2n) is 9.58. The molecule has 0 aromatic heterocycles. The van der Waals surface area contributed by atoms with Crippen LogP contribution in [0.25, 0.3) is 0 Å². The number of amides is 1. The van der Waals surface area contributed by atoms with Gasteiger partial charge < -0.3 is 10.4 Å². The standard InChI is InChI=1S/C30H27ClN2O4/c1-18-6-8-20(9-7-18)30-29-24(16-21(17-26(29)34)19-10-12-22(31)13-11-19)32-23-4-2-3-5-25(23)33(30)27(35)14-15-28(36)37/h2-13,21,30,32H,14-17H2,1H3,(H,36,37). The predicted molar refractivity (Wildman–Crippen MR) is 144 cm³/mol. The number of ketones is 1. The van der Waals surface area contributed by atoms with E-state index in [4.69, 9.17) is 11.6 Å². The maximum absolute atomic E-state index is 13.9. The summed E-state index contributed by atoms with van der Waals surface area (Å²) < 4.78 is 0. The van der Waals surface area contributed by atoms with Crippen LogP contribution in [-0.2, 0) is 14.4 Å². The van der Waals surface area contributed by atoms with Crippen LogP contribution in [0.3, 0.4) is 0 Å². The quantitative estimate of drug-likeness (QED) is 0.410. The minimum Gasteiger partial charge on any atom is -0.481 e. The second kappa shape index (κ2) is 10.2. The lowest BCUT2D eigenvalue weighted by atomic mass is 9.78. The Balaban J connectivity index is 1.67. The Bertz CT molecular complexity index is 1400. The SMILES string of the molecule is Cc1ccc(C2C3=C(CC(c4ccc(Cl)cc4)CC3=O)Nc3ccccc3N2C(=O)CCC(=O)O)cc1. The number of hydrogen-bond acceptors (Lipinski definition) is 4. The molecule has 0 saturated heterocycles. The molecular formula is C30H27ClN2O4. The lowest BCUT2D eigenvalue weighted by Gasteiger charge is -2.35. The number of aryl methyl sites for hydroxylation is 1. The van der Waals surface area contributed by atoms with Gasteiger partial charge >= 0.3 is 5.97 Å². The van der Waals surface area contributed by atoms with Crippen molar-refractivity contribution in [1.82, 2.24) is 0 Å². The first-order valence-corrected chi connectivity index (χ1v) is 12.7. The molecule has 0 saturated carbocycles. The number of rotatable bonds is 5. The van der Waals surface area contributed by atoms with Gasteiger partial charge in [-0.15, -0.1) is 0 Å². The summed E-state index contributed by atoms with van der Waals surface area (Å²) in [5, 5.41) is 13.4. The van der Waals surface area contributed by atoms with Gasteiger partial charge in [0, 0.05) is 29.1 Å². The Morgan fingerprint density at radius 2 is 1.62 bits per heavy atom. The largest absolute Gasteiger partial charge is 0.481 e. The van der Waals surface area contributed by atoms with Crippen molar-refractivity contribution in [2.45, 2.75) is 44.6 Å². The number of carbonyl (C=O) groups excluding carboxylic acids is 2. The first-order valence-electron chi connectivity index (χ1n) is 12.3. The number of benzene rings is 3. The topological polar surface area (TPSA) is 86.7 Å². The van der Waals surface area contributed by atoms with Gasteiger partial charge in [-0.1, -0.05) is 65.7 Å². The number of carbonyl (C=O) groups is 3. The Morgan fingerprint density at radius 1 is 0.946 bits per heavy atom. The van der Waals surface area contributed by atoms with E-state index in [1.165, 1.54) is 0 Å². The van der Waals surface area contributed by atoms with E-state index in [1.54, 1.807) is 4.90 Å². The van der Waals surface area contributed by atoms with Crippen LogP contribution in [0.4, 0.5) is 11.4 Å². The molecule has 188 valence electrons. The van der Waals surface area contributed by atoms with Crippen LogP contribution in [0.15, 0.2) is 84.1 Å². The van der Waals surface area contributed by atoms with Crippen molar-refractivity contribution in [2.75, 3.05) is 10.2 Å². The summed E-state index contributed by atoms with van der Waals surface area (Å²) in [7, 11) is 0. The number of hydrogen-bond donors (Lipinski definition) is 2. The van der Waals surface area contributed by atoms with E-state index in [9.17, 15) is 19.5 Å². The number of carboxylic acids is 1. The average molecular weight is 515 g/mol. The lowest BCUT2D eigenvalue weighted by molar-refractivity contribution is -0.138. The van der Waals surface area contributed by atoms with Gasteiger partial charge in [-0.2, -0.15) is 0 Å². The van der Waals surface area contributed by atoms with Gasteiger partial charge in [0.05, 0.1) is 23.8 Å². The van der Waals surface area contributed by atoms with Crippen LogP contribution in [0.1, 0.15) is 54.3 Å². The summed E-state index contributed by atoms with van der Waals surface area (Å²) in [5.74, 6) is -1.45. The molecule has 5 rings (SSSR count). The highest BCUT2D eigenvalue weighted by molar-refractivity contribution is 6.30. The Hall–Kier alpha value is -3.90. The number of allylic oxidation sites excluding steroid dienone is 1. The average Bonchev–Trinajstić information content (AvgIpc) is 3.03. The van der Waals surface area contributed by atoms with Crippen LogP contribution in [0.2, 0.25) is 5.02 Å². The minimum atomic E-state index is -1.04. The van der Waals surface area contributed by atoms with Crippen LogP contribution in [-0.4, -0.2) is 22.8 Å². The van der Waals surface area contributed by atoms with Crippen LogP contribution < -0.4 is 10.2 Å². The maximum Gasteiger partial charge on any atom is 0.303 e. The number of anilines is 2. The number of halogens is 1. The molecule has 2 N–H and O–H groups in total. The van der Waals surface area contributed by atoms with Crippen molar-refractivity contribution in [3.05, 3.63) is 106 Å². The van der Waals surface area contributed by atoms with Crippen molar-refractivity contribution >= 4 is 40.6 Å². The number of nitrogens with zero attached hydrogens (tertiary/aromatic N) is 1. The van der Waals surface area contributed by atoms with Crippen LogP contribution in [0, 0.1) is 6.92 Å². The van der Waals surface area contributed by atoms with Gasteiger partial charge in [0.2, 0.25) is 5.91 Å². The molecule has 0 spiro atoms. The van der Waals surface area contributed by atoms with Crippen molar-refractivity contribution in [3.8, 4) is 0 Å². The fourth-order valence-corrected chi connectivity index (χ4v) is 5.36. The van der Waals surface area contributed by atoms with Crippen LogP contribution in [0.5, 0.6) is 0 Å². The Labute approximate surface area is 220 Å². The van der Waals surface area contributed by atoms with Gasteiger partial charge in [0.15, 0.2) is 5.78 Å². The van der Waals surface area contributed by atoms with E-state index in [2.05, 4.69) is 5.32 Å². The molecular weight excluding hydrogens is 488 g/mol. The molecule has 0 radical (unpaired) electrons. The molecule has 37 heavy (non-hydrogen) atoms. The van der Waals surface area contributed by atoms with Gasteiger partial charge in [0.25, 0.3) is 0 Å². The maximum atomic E-state index is 13.9. The molecule has 1 aliphatic carbocycles. The molecule has 1 amide bonds. The third-order valence-corrected chi connectivity index (χ3v) is 7.30. The van der Waals surface area contributed by atoms with E-state index in [-0.39, 0.29) is 30.4 Å². The molecule has 2 unspecified atom stereocenters. The third-order valence-electron chi connectivity index (χ3n) is 7.04. The third kappa shape index (κ3) is 5.02. The highest BCUT2D eigenvalue weighted by Gasteiger charge is 2.41. The van der Waals surface area contributed by atoms with E-state index in [1.807, 2.05) is 79.7 Å². The second-order valence-corrected chi connectivity index (χ2v) is 10.0.